The molecule has 0 aliphatic carbocycles. The highest BCUT2D eigenvalue weighted by atomic mass is 16.5. The van der Waals surface area contributed by atoms with E-state index in [1.54, 1.807) is 14.2 Å². The second-order valence-electron chi connectivity index (χ2n) is 4.42. The highest BCUT2D eigenvalue weighted by Crippen LogP contribution is 2.22. The first-order valence-corrected chi connectivity index (χ1v) is 6.68. The maximum Gasteiger partial charge on any atom is 0.119 e. The number of hydrogen-bond donors (Lipinski definition) is 1. The Labute approximate surface area is 110 Å². The third kappa shape index (κ3) is 5.07. The third-order valence-electron chi connectivity index (χ3n) is 2.98. The van der Waals surface area contributed by atoms with Crippen LogP contribution in [-0.2, 0) is 4.74 Å². The standard InChI is InChI=1S/C15H25NO2/c1-4-10-16-15(9-6-11-17-2)13-7-5-8-14(12-13)18-3/h5,7-8,12,15-16H,4,6,9-11H2,1-3H3. The molecule has 0 aliphatic heterocycles. The topological polar surface area (TPSA) is 30.5 Å². The summed E-state index contributed by atoms with van der Waals surface area (Å²) in [6.07, 6.45) is 3.29. The van der Waals surface area contributed by atoms with Crippen LogP contribution in [0.25, 0.3) is 0 Å². The molecule has 1 N–H and O–H groups in total. The molecule has 0 aromatic heterocycles. The van der Waals surface area contributed by atoms with Crippen LogP contribution >= 0.6 is 0 Å². The average molecular weight is 251 g/mol. The number of rotatable bonds is 9. The van der Waals surface area contributed by atoms with Gasteiger partial charge in [-0.1, -0.05) is 19.1 Å². The van der Waals surface area contributed by atoms with Crippen molar-refractivity contribution in [2.75, 3.05) is 27.4 Å². The average Bonchev–Trinajstić information content (AvgIpc) is 2.42. The highest BCUT2D eigenvalue weighted by molar-refractivity contribution is 5.30. The van der Waals surface area contributed by atoms with E-state index in [1.807, 2.05) is 12.1 Å². The number of ether oxygens (including phenoxy) is 2. The fourth-order valence-electron chi connectivity index (χ4n) is 2.00. The molecule has 18 heavy (non-hydrogen) atoms. The molecule has 1 unspecified atom stereocenters. The lowest BCUT2D eigenvalue weighted by atomic mass is 10.0. The van der Waals surface area contributed by atoms with Gasteiger partial charge in [0, 0.05) is 19.8 Å². The van der Waals surface area contributed by atoms with Gasteiger partial charge in [-0.05, 0) is 43.5 Å². The number of methoxy groups -OCH3 is 2. The molecule has 1 aromatic rings. The maximum atomic E-state index is 5.28. The monoisotopic (exact) mass is 251 g/mol. The first-order valence-electron chi connectivity index (χ1n) is 6.68. The predicted molar refractivity (Wildman–Crippen MR) is 75.1 cm³/mol. The van der Waals surface area contributed by atoms with E-state index in [-0.39, 0.29) is 0 Å². The molecule has 0 heterocycles. The summed E-state index contributed by atoms with van der Waals surface area (Å²) in [4.78, 5) is 0. The fraction of sp³-hybridized carbons (Fsp3) is 0.600. The summed E-state index contributed by atoms with van der Waals surface area (Å²) < 4.78 is 10.4. The van der Waals surface area contributed by atoms with Crippen molar-refractivity contribution in [3.63, 3.8) is 0 Å². The van der Waals surface area contributed by atoms with Crippen molar-refractivity contribution < 1.29 is 9.47 Å². The summed E-state index contributed by atoms with van der Waals surface area (Å²) >= 11 is 0. The van der Waals surface area contributed by atoms with Gasteiger partial charge in [0.2, 0.25) is 0 Å². The Morgan fingerprint density at radius 3 is 2.78 bits per heavy atom. The van der Waals surface area contributed by atoms with Crippen molar-refractivity contribution in [2.24, 2.45) is 0 Å². The minimum absolute atomic E-state index is 0.384. The molecule has 3 heteroatoms. The van der Waals surface area contributed by atoms with Crippen molar-refractivity contribution in [1.29, 1.82) is 0 Å². The molecule has 0 spiro atoms. The van der Waals surface area contributed by atoms with Crippen LogP contribution in [0.2, 0.25) is 0 Å². The third-order valence-corrected chi connectivity index (χ3v) is 2.98. The molecule has 0 saturated heterocycles. The van der Waals surface area contributed by atoms with Crippen LogP contribution in [0.15, 0.2) is 24.3 Å². The quantitative estimate of drug-likeness (QED) is 0.684. The van der Waals surface area contributed by atoms with E-state index in [0.29, 0.717) is 6.04 Å². The van der Waals surface area contributed by atoms with Gasteiger partial charge in [-0.2, -0.15) is 0 Å². The Kier molecular flexibility index (Phi) is 7.46. The van der Waals surface area contributed by atoms with Crippen LogP contribution in [0.5, 0.6) is 5.75 Å². The number of benzene rings is 1. The SMILES string of the molecule is CCCNC(CCCOC)c1cccc(OC)c1. The van der Waals surface area contributed by atoms with E-state index < -0.39 is 0 Å². The molecule has 1 aromatic carbocycles. The molecule has 0 radical (unpaired) electrons. The molecule has 0 amide bonds. The smallest absolute Gasteiger partial charge is 0.119 e. The first-order chi connectivity index (χ1) is 8.81. The molecule has 1 rings (SSSR count). The maximum absolute atomic E-state index is 5.28. The summed E-state index contributed by atoms with van der Waals surface area (Å²) in [6, 6.07) is 8.68. The van der Waals surface area contributed by atoms with E-state index in [9.17, 15) is 0 Å². The van der Waals surface area contributed by atoms with Crippen LogP contribution in [0, 0.1) is 0 Å². The van der Waals surface area contributed by atoms with Crippen LogP contribution in [0.3, 0.4) is 0 Å². The van der Waals surface area contributed by atoms with Gasteiger partial charge in [0.25, 0.3) is 0 Å². The molecule has 0 aliphatic rings. The summed E-state index contributed by atoms with van der Waals surface area (Å²) in [5.41, 5.74) is 1.29. The Morgan fingerprint density at radius 2 is 2.11 bits per heavy atom. The van der Waals surface area contributed by atoms with Gasteiger partial charge in [0.05, 0.1) is 7.11 Å². The zero-order chi connectivity index (χ0) is 13.2. The van der Waals surface area contributed by atoms with Crippen molar-refractivity contribution in [3.8, 4) is 5.75 Å². The molecular formula is C15H25NO2. The van der Waals surface area contributed by atoms with Gasteiger partial charge in [-0.25, -0.2) is 0 Å². The second-order valence-corrected chi connectivity index (χ2v) is 4.42. The Bertz CT molecular complexity index is 328. The van der Waals surface area contributed by atoms with Crippen LogP contribution in [0.1, 0.15) is 37.8 Å². The largest absolute Gasteiger partial charge is 0.497 e. The Hall–Kier alpha value is -1.06. The van der Waals surface area contributed by atoms with Gasteiger partial charge < -0.3 is 14.8 Å². The highest BCUT2D eigenvalue weighted by Gasteiger charge is 2.10. The minimum Gasteiger partial charge on any atom is -0.497 e. The van der Waals surface area contributed by atoms with Gasteiger partial charge in [-0.15, -0.1) is 0 Å². The second kappa shape index (κ2) is 8.95. The van der Waals surface area contributed by atoms with Crippen LogP contribution in [-0.4, -0.2) is 27.4 Å². The summed E-state index contributed by atoms with van der Waals surface area (Å²) in [5.74, 6) is 0.919. The van der Waals surface area contributed by atoms with E-state index in [1.165, 1.54) is 5.56 Å². The molecule has 3 nitrogen and oxygen atoms in total. The number of nitrogens with one attached hydrogen (secondary N) is 1. The van der Waals surface area contributed by atoms with E-state index in [2.05, 4.69) is 24.4 Å². The van der Waals surface area contributed by atoms with Crippen molar-refractivity contribution in [1.82, 2.24) is 5.32 Å². The van der Waals surface area contributed by atoms with E-state index in [4.69, 9.17) is 9.47 Å². The van der Waals surface area contributed by atoms with Gasteiger partial charge in [0.1, 0.15) is 5.75 Å². The van der Waals surface area contributed by atoms with Crippen molar-refractivity contribution in [3.05, 3.63) is 29.8 Å². The molecule has 1 atom stereocenters. The fourth-order valence-corrected chi connectivity index (χ4v) is 2.00. The summed E-state index contributed by atoms with van der Waals surface area (Å²) in [7, 11) is 3.46. The van der Waals surface area contributed by atoms with Crippen LogP contribution < -0.4 is 10.1 Å². The molecule has 0 bridgehead atoms. The van der Waals surface area contributed by atoms with E-state index in [0.717, 1.165) is 38.2 Å². The van der Waals surface area contributed by atoms with Gasteiger partial charge in [-0.3, -0.25) is 0 Å². The normalized spacial score (nSPS) is 12.4. The summed E-state index contributed by atoms with van der Waals surface area (Å²) in [5, 5.41) is 3.58. The minimum atomic E-state index is 0.384. The first kappa shape index (κ1) is 15.0. The Balaban J connectivity index is 2.66. The van der Waals surface area contributed by atoms with Crippen molar-refractivity contribution in [2.45, 2.75) is 32.2 Å². The van der Waals surface area contributed by atoms with Gasteiger partial charge >= 0.3 is 0 Å². The Morgan fingerprint density at radius 1 is 1.28 bits per heavy atom. The predicted octanol–water partition coefficient (Wildman–Crippen LogP) is 3.16. The number of hydrogen-bond acceptors (Lipinski definition) is 3. The van der Waals surface area contributed by atoms with Gasteiger partial charge in [0.15, 0.2) is 0 Å². The lowest BCUT2D eigenvalue weighted by Crippen LogP contribution is -2.22. The molecule has 0 fully saturated rings. The van der Waals surface area contributed by atoms with Crippen molar-refractivity contribution >= 4 is 0 Å². The lowest BCUT2D eigenvalue weighted by Gasteiger charge is -2.19. The zero-order valence-electron chi connectivity index (χ0n) is 11.7. The summed E-state index contributed by atoms with van der Waals surface area (Å²) in [6.45, 7) is 4.04. The molecular weight excluding hydrogens is 226 g/mol. The van der Waals surface area contributed by atoms with Crippen LogP contribution in [0.4, 0.5) is 0 Å². The van der Waals surface area contributed by atoms with E-state index >= 15 is 0 Å². The molecule has 0 saturated carbocycles. The zero-order valence-corrected chi connectivity index (χ0v) is 11.7. The molecule has 102 valence electrons. The lowest BCUT2D eigenvalue weighted by molar-refractivity contribution is 0.188.